The summed E-state index contributed by atoms with van der Waals surface area (Å²) >= 11 is 6.91. The first-order chi connectivity index (χ1) is 11.7. The Balaban J connectivity index is 1.50. The molecule has 1 amide bonds. The number of pyridine rings is 1. The van der Waals surface area contributed by atoms with E-state index in [-0.39, 0.29) is 5.91 Å². The van der Waals surface area contributed by atoms with Crippen molar-refractivity contribution in [2.45, 2.75) is 25.3 Å². The van der Waals surface area contributed by atoms with Gasteiger partial charge in [-0.3, -0.25) is 14.8 Å². The molecule has 1 saturated carbocycles. The molecule has 0 radical (unpaired) electrons. The number of hydrogen-bond acceptors (Lipinski definition) is 5. The molecular formula is C16H17N5OS2. The zero-order valence-electron chi connectivity index (χ0n) is 13.0. The van der Waals surface area contributed by atoms with E-state index in [1.165, 1.54) is 11.3 Å². The number of nitrogens with one attached hydrogen (secondary N) is 1. The number of thiocarbonyl (C=S) groups is 1. The Kier molecular flexibility index (Phi) is 4.15. The first-order valence-electron chi connectivity index (χ1n) is 7.98. The molecule has 1 aliphatic heterocycles. The van der Waals surface area contributed by atoms with Crippen LogP contribution in [-0.4, -0.2) is 50.1 Å². The molecule has 6 nitrogen and oxygen atoms in total. The molecule has 0 aromatic carbocycles. The van der Waals surface area contributed by atoms with Crippen LogP contribution in [-0.2, 0) is 0 Å². The van der Waals surface area contributed by atoms with E-state index in [0.29, 0.717) is 23.4 Å². The fraction of sp³-hybridized carbons (Fsp3) is 0.375. The highest BCUT2D eigenvalue weighted by Gasteiger charge is 2.33. The summed E-state index contributed by atoms with van der Waals surface area (Å²) in [6, 6.07) is 4.28. The lowest BCUT2D eigenvalue weighted by Crippen LogP contribution is -2.49. The van der Waals surface area contributed by atoms with Gasteiger partial charge in [-0.25, -0.2) is 9.99 Å². The standard InChI is InChI=1S/C16H17N5OS2/c22-15(13-10-24-14(19-13)11-3-1-6-17-9-11)20-7-2-8-21(20)16(23)18-12-4-5-12/h1,3,6,9-10,12H,2,4-5,7-8H2,(H,18,23). The van der Waals surface area contributed by atoms with Gasteiger partial charge < -0.3 is 5.32 Å². The summed E-state index contributed by atoms with van der Waals surface area (Å²) in [5, 5.41) is 10.1. The Morgan fingerprint density at radius 2 is 2.17 bits per heavy atom. The highest BCUT2D eigenvalue weighted by molar-refractivity contribution is 7.80. The largest absolute Gasteiger partial charge is 0.358 e. The van der Waals surface area contributed by atoms with Crippen LogP contribution in [0, 0.1) is 0 Å². The minimum atomic E-state index is -0.0983. The molecule has 8 heteroatoms. The van der Waals surface area contributed by atoms with E-state index in [0.717, 1.165) is 36.4 Å². The summed E-state index contributed by atoms with van der Waals surface area (Å²) in [7, 11) is 0. The molecule has 1 N–H and O–H groups in total. The first-order valence-corrected chi connectivity index (χ1v) is 9.27. The third kappa shape index (κ3) is 3.11. The van der Waals surface area contributed by atoms with Crippen LogP contribution in [0.1, 0.15) is 29.8 Å². The molecule has 1 aliphatic carbocycles. The van der Waals surface area contributed by atoms with Crippen LogP contribution in [0.25, 0.3) is 10.6 Å². The van der Waals surface area contributed by atoms with Crippen LogP contribution < -0.4 is 5.32 Å². The fourth-order valence-corrected chi connectivity index (χ4v) is 3.78. The second kappa shape index (κ2) is 6.45. The quantitative estimate of drug-likeness (QED) is 0.849. The normalized spacial score (nSPS) is 17.2. The van der Waals surface area contributed by atoms with Gasteiger partial charge in [0.15, 0.2) is 5.11 Å². The first kappa shape index (κ1) is 15.5. The van der Waals surface area contributed by atoms with Gasteiger partial charge in [0.05, 0.1) is 0 Å². The Labute approximate surface area is 149 Å². The molecule has 2 fully saturated rings. The van der Waals surface area contributed by atoms with Gasteiger partial charge in [0, 0.05) is 42.5 Å². The lowest BCUT2D eigenvalue weighted by Gasteiger charge is -2.29. The second-order valence-electron chi connectivity index (χ2n) is 5.91. The van der Waals surface area contributed by atoms with Crippen LogP contribution in [0.4, 0.5) is 0 Å². The van der Waals surface area contributed by atoms with Crippen molar-refractivity contribution in [3.05, 3.63) is 35.6 Å². The van der Waals surface area contributed by atoms with Crippen LogP contribution >= 0.6 is 23.6 Å². The summed E-state index contributed by atoms with van der Waals surface area (Å²) in [4.78, 5) is 21.4. The lowest BCUT2D eigenvalue weighted by atomic mass is 10.3. The van der Waals surface area contributed by atoms with Crippen molar-refractivity contribution >= 4 is 34.6 Å². The summed E-state index contributed by atoms with van der Waals surface area (Å²) in [5.41, 5.74) is 1.38. The van der Waals surface area contributed by atoms with E-state index in [9.17, 15) is 4.79 Å². The van der Waals surface area contributed by atoms with Crippen molar-refractivity contribution in [3.8, 4) is 10.6 Å². The number of hydrazine groups is 1. The zero-order chi connectivity index (χ0) is 16.5. The second-order valence-corrected chi connectivity index (χ2v) is 7.15. The molecule has 24 heavy (non-hydrogen) atoms. The van der Waals surface area contributed by atoms with Crippen molar-refractivity contribution in [1.29, 1.82) is 0 Å². The van der Waals surface area contributed by atoms with E-state index >= 15 is 0 Å². The maximum Gasteiger partial charge on any atom is 0.291 e. The molecule has 1 saturated heterocycles. The molecule has 2 aromatic rings. The lowest BCUT2D eigenvalue weighted by molar-refractivity contribution is 0.0486. The summed E-state index contributed by atoms with van der Waals surface area (Å²) in [6.07, 6.45) is 6.70. The molecule has 3 heterocycles. The summed E-state index contributed by atoms with van der Waals surface area (Å²) < 4.78 is 0. The average Bonchev–Trinajstić information content (AvgIpc) is 3.12. The number of aromatic nitrogens is 2. The number of hydrogen-bond donors (Lipinski definition) is 1. The predicted molar refractivity (Wildman–Crippen MR) is 96.5 cm³/mol. The number of rotatable bonds is 3. The van der Waals surface area contributed by atoms with Crippen molar-refractivity contribution in [2.24, 2.45) is 0 Å². The molecular weight excluding hydrogens is 342 g/mol. The Hall–Kier alpha value is -2.06. The predicted octanol–water partition coefficient (Wildman–Crippen LogP) is 2.30. The van der Waals surface area contributed by atoms with E-state index in [1.807, 2.05) is 17.1 Å². The van der Waals surface area contributed by atoms with Gasteiger partial charge in [-0.05, 0) is 43.6 Å². The monoisotopic (exact) mass is 359 g/mol. The minimum Gasteiger partial charge on any atom is -0.358 e. The number of thiazole rings is 1. The van der Waals surface area contributed by atoms with E-state index in [4.69, 9.17) is 12.2 Å². The molecule has 124 valence electrons. The molecule has 0 bridgehead atoms. The fourth-order valence-electron chi connectivity index (χ4n) is 2.64. The van der Waals surface area contributed by atoms with Gasteiger partial charge in [-0.1, -0.05) is 0 Å². The van der Waals surface area contributed by atoms with Crippen LogP contribution in [0.3, 0.4) is 0 Å². The highest BCUT2D eigenvalue weighted by Crippen LogP contribution is 2.25. The molecule has 2 aliphatic rings. The zero-order valence-corrected chi connectivity index (χ0v) is 14.6. The Bertz CT molecular complexity index is 759. The molecule has 4 rings (SSSR count). The van der Waals surface area contributed by atoms with Gasteiger partial charge >= 0.3 is 0 Å². The maximum absolute atomic E-state index is 12.8. The Morgan fingerprint density at radius 3 is 2.92 bits per heavy atom. The van der Waals surface area contributed by atoms with E-state index in [2.05, 4.69) is 15.3 Å². The van der Waals surface area contributed by atoms with Crippen LogP contribution in [0.2, 0.25) is 0 Å². The molecule has 0 unspecified atom stereocenters. The topological polar surface area (TPSA) is 61.4 Å². The van der Waals surface area contributed by atoms with Crippen LogP contribution in [0.15, 0.2) is 29.9 Å². The molecule has 2 aromatic heterocycles. The Morgan fingerprint density at radius 1 is 1.33 bits per heavy atom. The van der Waals surface area contributed by atoms with Crippen LogP contribution in [0.5, 0.6) is 0 Å². The third-order valence-electron chi connectivity index (χ3n) is 4.04. The van der Waals surface area contributed by atoms with Gasteiger partial charge in [0.2, 0.25) is 0 Å². The molecule has 0 spiro atoms. The number of carbonyl (C=O) groups is 1. The average molecular weight is 359 g/mol. The number of carbonyl (C=O) groups excluding carboxylic acids is 1. The third-order valence-corrected chi connectivity index (χ3v) is 5.26. The van der Waals surface area contributed by atoms with Gasteiger partial charge in [-0.15, -0.1) is 11.3 Å². The summed E-state index contributed by atoms with van der Waals surface area (Å²) in [5.74, 6) is -0.0983. The van der Waals surface area contributed by atoms with Crippen molar-refractivity contribution in [3.63, 3.8) is 0 Å². The van der Waals surface area contributed by atoms with Crippen molar-refractivity contribution in [1.82, 2.24) is 25.3 Å². The van der Waals surface area contributed by atoms with Gasteiger partial charge in [0.25, 0.3) is 5.91 Å². The molecule has 0 atom stereocenters. The van der Waals surface area contributed by atoms with E-state index < -0.39 is 0 Å². The van der Waals surface area contributed by atoms with Crippen molar-refractivity contribution in [2.75, 3.05) is 13.1 Å². The van der Waals surface area contributed by atoms with Gasteiger partial charge in [-0.2, -0.15) is 0 Å². The summed E-state index contributed by atoms with van der Waals surface area (Å²) in [6.45, 7) is 1.44. The smallest absolute Gasteiger partial charge is 0.291 e. The number of nitrogens with zero attached hydrogens (tertiary/aromatic N) is 4. The minimum absolute atomic E-state index is 0.0983. The number of amides is 1. The van der Waals surface area contributed by atoms with Gasteiger partial charge in [0.1, 0.15) is 10.7 Å². The van der Waals surface area contributed by atoms with E-state index in [1.54, 1.807) is 22.8 Å². The maximum atomic E-state index is 12.8. The highest BCUT2D eigenvalue weighted by atomic mass is 32.1. The SMILES string of the molecule is O=C(c1csc(-c2cccnc2)n1)N1CCCN1C(=S)NC1CC1. The van der Waals surface area contributed by atoms with Crippen molar-refractivity contribution < 1.29 is 4.79 Å².